The number of aryl methyl sites for hydroxylation is 1. The first-order valence-electron chi connectivity index (χ1n) is 9.93. The van der Waals surface area contributed by atoms with Crippen LogP contribution >= 0.6 is 0 Å². The monoisotopic (exact) mass is 350 g/mol. The highest BCUT2D eigenvalue weighted by molar-refractivity contribution is 5.94. The standard InChI is InChI=1S/C23H30N2O/c26-23(22-14-8-4-9-15-22)25-19-17-24(18-20-25)16-10-2-1-5-11-21-12-6-3-7-13-21/h3-4,6-9,12-15H,1-2,5,10-11,16-20H2. The average Bonchev–Trinajstić information content (AvgIpc) is 2.72. The number of unbranched alkanes of at least 4 members (excludes halogenated alkanes) is 3. The molecular formula is C23H30N2O. The molecule has 2 aromatic rings. The van der Waals surface area contributed by atoms with Crippen molar-refractivity contribution in [3.05, 3.63) is 71.8 Å². The first-order chi connectivity index (χ1) is 12.8. The number of carbonyl (C=O) groups excluding carboxylic acids is 1. The molecule has 3 heteroatoms. The first-order valence-corrected chi connectivity index (χ1v) is 9.93. The minimum absolute atomic E-state index is 0.172. The van der Waals surface area contributed by atoms with Crippen LogP contribution in [0.4, 0.5) is 0 Å². The van der Waals surface area contributed by atoms with E-state index in [2.05, 4.69) is 35.2 Å². The highest BCUT2D eigenvalue weighted by Crippen LogP contribution is 2.11. The number of benzene rings is 2. The Morgan fingerprint density at radius 1 is 0.731 bits per heavy atom. The molecule has 1 aliphatic rings. The molecule has 26 heavy (non-hydrogen) atoms. The fraction of sp³-hybridized carbons (Fsp3) is 0.435. The largest absolute Gasteiger partial charge is 0.336 e. The van der Waals surface area contributed by atoms with Gasteiger partial charge < -0.3 is 4.90 Å². The van der Waals surface area contributed by atoms with Gasteiger partial charge in [0.05, 0.1) is 0 Å². The van der Waals surface area contributed by atoms with Crippen LogP contribution in [0.3, 0.4) is 0 Å². The SMILES string of the molecule is O=C(c1ccccc1)N1CCN(CCCCCCc2ccccc2)CC1. The maximum absolute atomic E-state index is 12.5. The van der Waals surface area contributed by atoms with Crippen molar-refractivity contribution >= 4 is 5.91 Å². The van der Waals surface area contributed by atoms with Gasteiger partial charge in [0.1, 0.15) is 0 Å². The summed E-state index contributed by atoms with van der Waals surface area (Å²) in [6.07, 6.45) is 6.35. The van der Waals surface area contributed by atoms with Crippen molar-refractivity contribution in [2.75, 3.05) is 32.7 Å². The minimum Gasteiger partial charge on any atom is -0.336 e. The summed E-state index contributed by atoms with van der Waals surface area (Å²) in [4.78, 5) is 17.0. The maximum Gasteiger partial charge on any atom is 0.253 e. The summed E-state index contributed by atoms with van der Waals surface area (Å²) in [5.74, 6) is 0.172. The highest BCUT2D eigenvalue weighted by Gasteiger charge is 2.21. The summed E-state index contributed by atoms with van der Waals surface area (Å²) in [5, 5.41) is 0. The number of amides is 1. The van der Waals surface area contributed by atoms with Crippen LogP contribution in [0.2, 0.25) is 0 Å². The predicted octanol–water partition coefficient (Wildman–Crippen LogP) is 4.25. The summed E-state index contributed by atoms with van der Waals surface area (Å²) < 4.78 is 0. The fourth-order valence-corrected chi connectivity index (χ4v) is 3.60. The third-order valence-electron chi connectivity index (χ3n) is 5.21. The van der Waals surface area contributed by atoms with Gasteiger partial charge in [-0.25, -0.2) is 0 Å². The molecule has 0 unspecified atom stereocenters. The molecule has 0 saturated carbocycles. The van der Waals surface area contributed by atoms with Crippen molar-refractivity contribution in [1.82, 2.24) is 9.80 Å². The van der Waals surface area contributed by atoms with Gasteiger partial charge in [0.25, 0.3) is 5.91 Å². The molecule has 1 aliphatic heterocycles. The summed E-state index contributed by atoms with van der Waals surface area (Å²) in [6.45, 7) is 4.87. The second kappa shape index (κ2) is 10.1. The van der Waals surface area contributed by atoms with Crippen molar-refractivity contribution < 1.29 is 4.79 Å². The first kappa shape index (κ1) is 18.7. The quantitative estimate of drug-likeness (QED) is 0.665. The van der Waals surface area contributed by atoms with E-state index in [0.717, 1.165) is 31.7 Å². The molecule has 1 amide bonds. The number of nitrogens with zero attached hydrogens (tertiary/aromatic N) is 2. The third-order valence-corrected chi connectivity index (χ3v) is 5.21. The molecule has 0 atom stereocenters. The average molecular weight is 351 g/mol. The van der Waals surface area contributed by atoms with Gasteiger partial charge in [-0.2, -0.15) is 0 Å². The van der Waals surface area contributed by atoms with E-state index >= 15 is 0 Å². The van der Waals surface area contributed by atoms with Crippen molar-refractivity contribution in [1.29, 1.82) is 0 Å². The Balaban J connectivity index is 1.27. The van der Waals surface area contributed by atoms with Crippen LogP contribution in [0.25, 0.3) is 0 Å². The van der Waals surface area contributed by atoms with Crippen LogP contribution < -0.4 is 0 Å². The van der Waals surface area contributed by atoms with Gasteiger partial charge in [0.2, 0.25) is 0 Å². The number of hydrogen-bond donors (Lipinski definition) is 0. The van der Waals surface area contributed by atoms with Gasteiger partial charge in [-0.3, -0.25) is 9.69 Å². The van der Waals surface area contributed by atoms with Crippen LogP contribution in [-0.2, 0) is 6.42 Å². The zero-order valence-corrected chi connectivity index (χ0v) is 15.6. The molecule has 138 valence electrons. The van der Waals surface area contributed by atoms with E-state index < -0.39 is 0 Å². The Labute approximate surface area is 157 Å². The zero-order chi connectivity index (χ0) is 18.0. The predicted molar refractivity (Wildman–Crippen MR) is 107 cm³/mol. The van der Waals surface area contributed by atoms with Gasteiger partial charge in [-0.1, -0.05) is 61.4 Å². The van der Waals surface area contributed by atoms with E-state index in [0.29, 0.717) is 0 Å². The number of piperazine rings is 1. The Kier molecular flexibility index (Phi) is 7.26. The molecule has 1 fully saturated rings. The normalized spacial score (nSPS) is 15.2. The molecule has 0 bridgehead atoms. The van der Waals surface area contributed by atoms with Crippen LogP contribution in [0.1, 0.15) is 41.6 Å². The summed E-state index contributed by atoms with van der Waals surface area (Å²) >= 11 is 0. The smallest absolute Gasteiger partial charge is 0.253 e. The van der Waals surface area contributed by atoms with E-state index in [1.165, 1.54) is 44.2 Å². The Hall–Kier alpha value is -2.13. The van der Waals surface area contributed by atoms with E-state index in [1.54, 1.807) is 0 Å². The second-order valence-electron chi connectivity index (χ2n) is 7.15. The molecule has 0 N–H and O–H groups in total. The minimum atomic E-state index is 0.172. The van der Waals surface area contributed by atoms with Gasteiger partial charge >= 0.3 is 0 Å². The number of hydrogen-bond acceptors (Lipinski definition) is 2. The van der Waals surface area contributed by atoms with Gasteiger partial charge in [0.15, 0.2) is 0 Å². The van der Waals surface area contributed by atoms with E-state index in [4.69, 9.17) is 0 Å². The van der Waals surface area contributed by atoms with Gasteiger partial charge in [-0.05, 0) is 43.5 Å². The molecule has 1 saturated heterocycles. The number of carbonyl (C=O) groups is 1. The maximum atomic E-state index is 12.5. The lowest BCUT2D eigenvalue weighted by atomic mass is 10.1. The number of rotatable bonds is 8. The van der Waals surface area contributed by atoms with E-state index in [9.17, 15) is 4.79 Å². The molecule has 2 aromatic carbocycles. The zero-order valence-electron chi connectivity index (χ0n) is 15.6. The van der Waals surface area contributed by atoms with Crippen molar-refractivity contribution in [2.45, 2.75) is 32.1 Å². The topological polar surface area (TPSA) is 23.6 Å². The van der Waals surface area contributed by atoms with Crippen LogP contribution in [-0.4, -0.2) is 48.4 Å². The lowest BCUT2D eigenvalue weighted by Gasteiger charge is -2.34. The van der Waals surface area contributed by atoms with Gasteiger partial charge in [-0.15, -0.1) is 0 Å². The van der Waals surface area contributed by atoms with E-state index in [1.807, 2.05) is 35.2 Å². The molecule has 0 aliphatic carbocycles. The molecule has 3 nitrogen and oxygen atoms in total. The van der Waals surface area contributed by atoms with Crippen molar-refractivity contribution in [2.24, 2.45) is 0 Å². The second-order valence-corrected chi connectivity index (χ2v) is 7.15. The molecule has 3 rings (SSSR count). The van der Waals surface area contributed by atoms with Crippen LogP contribution in [0.5, 0.6) is 0 Å². The Morgan fingerprint density at radius 3 is 2.04 bits per heavy atom. The van der Waals surface area contributed by atoms with Crippen LogP contribution in [0.15, 0.2) is 60.7 Å². The Morgan fingerprint density at radius 2 is 1.35 bits per heavy atom. The molecule has 0 spiro atoms. The van der Waals surface area contributed by atoms with Crippen molar-refractivity contribution in [3.8, 4) is 0 Å². The summed E-state index contributed by atoms with van der Waals surface area (Å²) in [7, 11) is 0. The Bertz CT molecular complexity index is 648. The van der Waals surface area contributed by atoms with Crippen molar-refractivity contribution in [3.63, 3.8) is 0 Å². The fourth-order valence-electron chi connectivity index (χ4n) is 3.60. The summed E-state index contributed by atoms with van der Waals surface area (Å²) in [5.41, 5.74) is 2.26. The van der Waals surface area contributed by atoms with Crippen LogP contribution in [0, 0.1) is 0 Å². The van der Waals surface area contributed by atoms with E-state index in [-0.39, 0.29) is 5.91 Å². The molecule has 1 heterocycles. The summed E-state index contributed by atoms with van der Waals surface area (Å²) in [6, 6.07) is 20.4. The highest BCUT2D eigenvalue weighted by atomic mass is 16.2. The third kappa shape index (κ3) is 5.70. The molecule has 0 aromatic heterocycles. The lowest BCUT2D eigenvalue weighted by Crippen LogP contribution is -2.48. The lowest BCUT2D eigenvalue weighted by molar-refractivity contribution is 0.0635. The molecular weight excluding hydrogens is 320 g/mol. The molecule has 0 radical (unpaired) electrons. The van der Waals surface area contributed by atoms with Gasteiger partial charge in [0, 0.05) is 31.7 Å².